The molecule has 0 saturated carbocycles. The van der Waals surface area contributed by atoms with Crippen molar-refractivity contribution in [2.24, 2.45) is 5.92 Å². The fourth-order valence-electron chi connectivity index (χ4n) is 2.41. The molecule has 1 aromatic rings. The van der Waals surface area contributed by atoms with Crippen LogP contribution in [-0.4, -0.2) is 23.3 Å². The molecule has 96 valence electrons. The van der Waals surface area contributed by atoms with Crippen molar-refractivity contribution < 1.29 is 9.59 Å². The van der Waals surface area contributed by atoms with Crippen LogP contribution < -0.4 is 10.2 Å². The third-order valence-electron chi connectivity index (χ3n) is 3.33. The lowest BCUT2D eigenvalue weighted by atomic mass is 9.98. The number of piperidine rings is 1. The Morgan fingerprint density at radius 2 is 2.06 bits per heavy atom. The molecule has 1 aromatic heterocycles. The molecule has 0 atom stereocenters. The molecule has 3 heterocycles. The minimum atomic E-state index is -0.113. The lowest BCUT2D eigenvalue weighted by Crippen LogP contribution is -2.42. The van der Waals surface area contributed by atoms with E-state index >= 15 is 0 Å². The summed E-state index contributed by atoms with van der Waals surface area (Å²) in [6, 6.07) is 0. The molecule has 1 N–H and O–H groups in total. The molecule has 0 unspecified atom stereocenters. The van der Waals surface area contributed by atoms with E-state index in [2.05, 4.69) is 10.3 Å². The fraction of sp³-hybridized carbons (Fsp3) is 0.583. The maximum absolute atomic E-state index is 12.0. The summed E-state index contributed by atoms with van der Waals surface area (Å²) in [4.78, 5) is 30.9. The molecule has 2 aliphatic rings. The number of carbonyl (C=O) groups excluding carboxylic acids is 2. The van der Waals surface area contributed by atoms with Gasteiger partial charge in [0, 0.05) is 37.2 Å². The van der Waals surface area contributed by atoms with Crippen LogP contribution >= 0.6 is 11.3 Å². The van der Waals surface area contributed by atoms with E-state index < -0.39 is 0 Å². The molecule has 2 amide bonds. The Morgan fingerprint density at radius 3 is 2.72 bits per heavy atom. The summed E-state index contributed by atoms with van der Waals surface area (Å²) in [5, 5.41) is 3.83. The predicted octanol–water partition coefficient (Wildman–Crippen LogP) is 1.08. The van der Waals surface area contributed by atoms with E-state index in [-0.39, 0.29) is 17.7 Å². The van der Waals surface area contributed by atoms with Crippen molar-refractivity contribution in [1.29, 1.82) is 0 Å². The first-order valence-corrected chi connectivity index (χ1v) is 7.02. The predicted molar refractivity (Wildman–Crippen MR) is 68.4 cm³/mol. The largest absolute Gasteiger partial charge is 0.311 e. The molecule has 5 nitrogen and oxygen atoms in total. The van der Waals surface area contributed by atoms with Gasteiger partial charge in [0.2, 0.25) is 11.8 Å². The van der Waals surface area contributed by atoms with Crippen molar-refractivity contribution in [3.8, 4) is 0 Å². The Morgan fingerprint density at radius 1 is 1.33 bits per heavy atom. The van der Waals surface area contributed by atoms with Crippen LogP contribution in [0.5, 0.6) is 0 Å². The number of anilines is 1. The van der Waals surface area contributed by atoms with Gasteiger partial charge in [-0.1, -0.05) is 18.3 Å². The Balaban J connectivity index is 1.91. The lowest BCUT2D eigenvalue weighted by molar-refractivity contribution is -0.130. The van der Waals surface area contributed by atoms with E-state index in [1.807, 2.05) is 6.92 Å². The van der Waals surface area contributed by atoms with Gasteiger partial charge >= 0.3 is 0 Å². The molecule has 0 radical (unpaired) electrons. The van der Waals surface area contributed by atoms with Crippen LogP contribution in [0.1, 0.15) is 30.3 Å². The third-order valence-corrected chi connectivity index (χ3v) is 4.41. The summed E-state index contributed by atoms with van der Waals surface area (Å²) in [7, 11) is 0. The van der Waals surface area contributed by atoms with E-state index in [0.29, 0.717) is 18.0 Å². The maximum atomic E-state index is 12.0. The second-order valence-electron chi connectivity index (χ2n) is 4.93. The molecule has 0 bridgehead atoms. The molecule has 6 heteroatoms. The van der Waals surface area contributed by atoms with Crippen LogP contribution in [-0.2, 0) is 22.6 Å². The standard InChI is InChI=1S/C12H15N3O2S/c1-7-4-10(16)15(11(17)5-7)12-14-8-2-3-13-6-9(8)18-12/h7,13H,2-6H2,1H3. The van der Waals surface area contributed by atoms with Crippen LogP contribution in [0.15, 0.2) is 0 Å². The lowest BCUT2D eigenvalue weighted by Gasteiger charge is -2.25. The van der Waals surface area contributed by atoms with Crippen molar-refractivity contribution >= 4 is 28.3 Å². The SMILES string of the molecule is CC1CC(=O)N(c2nc3c(s2)CNCC3)C(=O)C1. The fourth-order valence-corrected chi connectivity index (χ4v) is 3.52. The molecular weight excluding hydrogens is 250 g/mol. The maximum Gasteiger partial charge on any atom is 0.235 e. The molecule has 1 saturated heterocycles. The normalized spacial score (nSPS) is 21.3. The number of hydrogen-bond acceptors (Lipinski definition) is 5. The van der Waals surface area contributed by atoms with Crippen LogP contribution in [0.25, 0.3) is 0 Å². The van der Waals surface area contributed by atoms with Crippen LogP contribution in [0.3, 0.4) is 0 Å². The van der Waals surface area contributed by atoms with Gasteiger partial charge < -0.3 is 5.32 Å². The first kappa shape index (κ1) is 11.8. The molecule has 0 aromatic carbocycles. The highest BCUT2D eigenvalue weighted by molar-refractivity contribution is 7.16. The first-order valence-electron chi connectivity index (χ1n) is 6.20. The topological polar surface area (TPSA) is 62.3 Å². The van der Waals surface area contributed by atoms with Gasteiger partial charge in [0.15, 0.2) is 5.13 Å². The Kier molecular flexibility index (Phi) is 2.91. The zero-order valence-electron chi connectivity index (χ0n) is 10.2. The van der Waals surface area contributed by atoms with Gasteiger partial charge in [-0.25, -0.2) is 9.88 Å². The number of carbonyl (C=O) groups is 2. The van der Waals surface area contributed by atoms with Gasteiger partial charge in [-0.05, 0) is 5.92 Å². The van der Waals surface area contributed by atoms with Crippen LogP contribution in [0, 0.1) is 5.92 Å². The zero-order valence-corrected chi connectivity index (χ0v) is 11.0. The second kappa shape index (κ2) is 4.44. The van der Waals surface area contributed by atoms with Crippen molar-refractivity contribution in [3.63, 3.8) is 0 Å². The van der Waals surface area contributed by atoms with Crippen molar-refractivity contribution in [2.75, 3.05) is 11.4 Å². The van der Waals surface area contributed by atoms with Gasteiger partial charge in [0.25, 0.3) is 0 Å². The van der Waals surface area contributed by atoms with E-state index in [9.17, 15) is 9.59 Å². The highest BCUT2D eigenvalue weighted by atomic mass is 32.1. The smallest absolute Gasteiger partial charge is 0.235 e. The number of aromatic nitrogens is 1. The average molecular weight is 265 g/mol. The van der Waals surface area contributed by atoms with Crippen molar-refractivity contribution in [2.45, 2.75) is 32.7 Å². The zero-order chi connectivity index (χ0) is 12.7. The van der Waals surface area contributed by atoms with Gasteiger partial charge in [0.05, 0.1) is 5.69 Å². The summed E-state index contributed by atoms with van der Waals surface area (Å²) in [5.74, 6) is -0.0758. The number of fused-ring (bicyclic) bond motifs is 1. The van der Waals surface area contributed by atoms with Crippen molar-refractivity contribution in [1.82, 2.24) is 10.3 Å². The summed E-state index contributed by atoms with van der Waals surface area (Å²) in [5.41, 5.74) is 1.04. The number of thiazole rings is 1. The monoisotopic (exact) mass is 265 g/mol. The highest BCUT2D eigenvalue weighted by Crippen LogP contribution is 2.32. The minimum absolute atomic E-state index is 0.113. The molecule has 2 aliphatic heterocycles. The van der Waals surface area contributed by atoms with Crippen LogP contribution in [0.4, 0.5) is 5.13 Å². The highest BCUT2D eigenvalue weighted by Gasteiger charge is 2.34. The number of imide groups is 1. The quantitative estimate of drug-likeness (QED) is 0.772. The number of hydrogen-bond donors (Lipinski definition) is 1. The van der Waals surface area contributed by atoms with Gasteiger partial charge in [0.1, 0.15) is 0 Å². The van der Waals surface area contributed by atoms with Crippen molar-refractivity contribution in [3.05, 3.63) is 10.6 Å². The Bertz CT molecular complexity index is 470. The summed E-state index contributed by atoms with van der Waals surface area (Å²) < 4.78 is 0. The van der Waals surface area contributed by atoms with E-state index in [1.54, 1.807) is 0 Å². The van der Waals surface area contributed by atoms with E-state index in [0.717, 1.165) is 30.1 Å². The number of rotatable bonds is 1. The number of nitrogens with zero attached hydrogens (tertiary/aromatic N) is 2. The molecule has 0 spiro atoms. The first-order chi connectivity index (χ1) is 8.65. The summed E-state index contributed by atoms with van der Waals surface area (Å²) in [6.07, 6.45) is 1.75. The van der Waals surface area contributed by atoms with Gasteiger partial charge in [-0.3, -0.25) is 9.59 Å². The third kappa shape index (κ3) is 1.95. The summed E-state index contributed by atoms with van der Waals surface area (Å²) >= 11 is 1.46. The Labute approximate surface area is 109 Å². The number of nitrogens with one attached hydrogen (secondary N) is 1. The van der Waals surface area contributed by atoms with Crippen LogP contribution in [0.2, 0.25) is 0 Å². The molecule has 0 aliphatic carbocycles. The number of amides is 2. The molecule has 18 heavy (non-hydrogen) atoms. The second-order valence-corrected chi connectivity index (χ2v) is 5.99. The minimum Gasteiger partial charge on any atom is -0.311 e. The Hall–Kier alpha value is -1.27. The van der Waals surface area contributed by atoms with Gasteiger partial charge in [-0.15, -0.1) is 0 Å². The molecular formula is C12H15N3O2S. The molecule has 3 rings (SSSR count). The summed E-state index contributed by atoms with van der Waals surface area (Å²) in [6.45, 7) is 3.64. The average Bonchev–Trinajstić information content (AvgIpc) is 2.70. The molecule has 1 fully saturated rings. The van der Waals surface area contributed by atoms with E-state index in [4.69, 9.17) is 0 Å². The van der Waals surface area contributed by atoms with Gasteiger partial charge in [-0.2, -0.15) is 0 Å². The van der Waals surface area contributed by atoms with E-state index in [1.165, 1.54) is 16.2 Å².